The van der Waals surface area contributed by atoms with Crippen LogP contribution in [-0.2, 0) is 0 Å². The minimum atomic E-state index is 0.0432. The predicted molar refractivity (Wildman–Crippen MR) is 63.1 cm³/mol. The summed E-state index contributed by atoms with van der Waals surface area (Å²) in [5.74, 6) is 0.988. The Hall–Kier alpha value is -0.360. The van der Waals surface area contributed by atoms with E-state index in [9.17, 15) is 0 Å². The first-order valence-electron chi connectivity index (χ1n) is 4.19. The Balaban J connectivity index is 2.97. The van der Waals surface area contributed by atoms with Crippen LogP contribution in [0, 0.1) is 9.49 Å². The molecular weight excluding hydrogens is 277 g/mol. The van der Waals surface area contributed by atoms with Crippen LogP contribution in [0.2, 0.25) is 0 Å². The molecule has 1 aromatic rings. The van der Waals surface area contributed by atoms with Gasteiger partial charge in [0.05, 0.1) is 3.57 Å². The Bertz CT molecular complexity index is 299. The van der Waals surface area contributed by atoms with Gasteiger partial charge in [-0.25, -0.2) is 4.98 Å². The van der Waals surface area contributed by atoms with E-state index in [1.807, 2.05) is 6.07 Å². The molecule has 4 N–H and O–H groups in total. The highest BCUT2D eigenvalue weighted by atomic mass is 127. The van der Waals surface area contributed by atoms with Gasteiger partial charge in [0.25, 0.3) is 0 Å². The fourth-order valence-corrected chi connectivity index (χ4v) is 1.53. The van der Waals surface area contributed by atoms with Crippen molar-refractivity contribution in [3.63, 3.8) is 0 Å². The number of nitrogens with two attached hydrogens (primary N) is 2. The van der Waals surface area contributed by atoms with Gasteiger partial charge in [-0.1, -0.05) is 13.8 Å². The summed E-state index contributed by atoms with van der Waals surface area (Å²) in [6.45, 7) is 4.18. The minimum Gasteiger partial charge on any atom is -0.383 e. The molecule has 0 saturated heterocycles. The van der Waals surface area contributed by atoms with E-state index in [-0.39, 0.29) is 6.04 Å². The number of aromatic nitrogens is 1. The molecule has 0 saturated carbocycles. The fourth-order valence-electron chi connectivity index (χ4n) is 1.03. The Labute approximate surface area is 92.1 Å². The summed E-state index contributed by atoms with van der Waals surface area (Å²) in [5.41, 5.74) is 12.6. The van der Waals surface area contributed by atoms with Crippen molar-refractivity contribution in [1.29, 1.82) is 0 Å². The first-order valence-corrected chi connectivity index (χ1v) is 5.26. The molecule has 0 aliphatic heterocycles. The highest BCUT2D eigenvalue weighted by Crippen LogP contribution is 2.21. The summed E-state index contributed by atoms with van der Waals surface area (Å²) in [4.78, 5) is 4.07. The number of hydrogen-bond acceptors (Lipinski definition) is 3. The van der Waals surface area contributed by atoms with E-state index < -0.39 is 0 Å². The number of pyridine rings is 1. The van der Waals surface area contributed by atoms with Crippen molar-refractivity contribution in [3.8, 4) is 0 Å². The van der Waals surface area contributed by atoms with Crippen molar-refractivity contribution in [2.75, 3.05) is 5.73 Å². The first-order chi connectivity index (χ1) is 6.02. The SMILES string of the molecule is CC(C)C(N)c1cnc(N)c(I)c1. The summed E-state index contributed by atoms with van der Waals surface area (Å²) in [7, 11) is 0. The molecule has 0 spiro atoms. The molecule has 0 radical (unpaired) electrons. The second-order valence-electron chi connectivity index (χ2n) is 3.41. The van der Waals surface area contributed by atoms with Crippen LogP contribution in [-0.4, -0.2) is 4.98 Å². The van der Waals surface area contributed by atoms with Gasteiger partial charge < -0.3 is 11.5 Å². The minimum absolute atomic E-state index is 0.0432. The van der Waals surface area contributed by atoms with E-state index in [2.05, 4.69) is 41.4 Å². The normalized spacial score (nSPS) is 13.3. The summed E-state index contributed by atoms with van der Waals surface area (Å²) in [6.07, 6.45) is 1.75. The van der Waals surface area contributed by atoms with Crippen molar-refractivity contribution in [3.05, 3.63) is 21.4 Å². The van der Waals surface area contributed by atoms with Gasteiger partial charge >= 0.3 is 0 Å². The van der Waals surface area contributed by atoms with Crippen LogP contribution in [0.15, 0.2) is 12.3 Å². The number of rotatable bonds is 2. The third kappa shape index (κ3) is 2.54. The highest BCUT2D eigenvalue weighted by molar-refractivity contribution is 14.1. The lowest BCUT2D eigenvalue weighted by molar-refractivity contribution is 0.513. The zero-order valence-electron chi connectivity index (χ0n) is 7.79. The quantitative estimate of drug-likeness (QED) is 0.818. The molecule has 1 rings (SSSR count). The Morgan fingerprint density at radius 1 is 1.46 bits per heavy atom. The fraction of sp³-hybridized carbons (Fsp3) is 0.444. The molecule has 1 atom stereocenters. The molecule has 13 heavy (non-hydrogen) atoms. The number of anilines is 1. The zero-order valence-corrected chi connectivity index (χ0v) is 9.95. The maximum Gasteiger partial charge on any atom is 0.136 e. The zero-order chi connectivity index (χ0) is 10.0. The van der Waals surface area contributed by atoms with Crippen molar-refractivity contribution in [1.82, 2.24) is 4.98 Å². The van der Waals surface area contributed by atoms with Gasteiger partial charge in [0.15, 0.2) is 0 Å². The van der Waals surface area contributed by atoms with Crippen LogP contribution in [0.3, 0.4) is 0 Å². The van der Waals surface area contributed by atoms with Crippen LogP contribution in [0.4, 0.5) is 5.82 Å². The lowest BCUT2D eigenvalue weighted by Crippen LogP contribution is -2.17. The van der Waals surface area contributed by atoms with Crippen LogP contribution >= 0.6 is 22.6 Å². The van der Waals surface area contributed by atoms with Crippen molar-refractivity contribution < 1.29 is 0 Å². The second-order valence-corrected chi connectivity index (χ2v) is 4.57. The molecule has 0 fully saturated rings. The number of nitrogen functional groups attached to an aromatic ring is 1. The second kappa shape index (κ2) is 4.23. The third-order valence-corrected chi connectivity index (χ3v) is 2.86. The largest absolute Gasteiger partial charge is 0.383 e. The molecular formula is C9H14IN3. The van der Waals surface area contributed by atoms with E-state index in [4.69, 9.17) is 11.5 Å². The standard InChI is InChI=1S/C9H14IN3/c1-5(2)8(11)6-3-7(10)9(12)13-4-6/h3-5,8H,11H2,1-2H3,(H2,12,13). The molecule has 0 aliphatic carbocycles. The maximum absolute atomic E-state index is 5.97. The molecule has 3 nitrogen and oxygen atoms in total. The summed E-state index contributed by atoms with van der Waals surface area (Å²) in [6, 6.07) is 2.04. The number of nitrogens with zero attached hydrogens (tertiary/aromatic N) is 1. The molecule has 1 unspecified atom stereocenters. The van der Waals surface area contributed by atoms with Gasteiger partial charge in [-0.2, -0.15) is 0 Å². The molecule has 0 aliphatic rings. The highest BCUT2D eigenvalue weighted by Gasteiger charge is 2.11. The van der Waals surface area contributed by atoms with E-state index in [1.165, 1.54) is 0 Å². The predicted octanol–water partition coefficient (Wildman–Crippen LogP) is 1.92. The van der Waals surface area contributed by atoms with E-state index in [1.54, 1.807) is 6.20 Å². The Morgan fingerprint density at radius 2 is 2.08 bits per heavy atom. The van der Waals surface area contributed by atoms with Crippen LogP contribution in [0.25, 0.3) is 0 Å². The maximum atomic E-state index is 5.97. The van der Waals surface area contributed by atoms with Gasteiger partial charge in [-0.15, -0.1) is 0 Å². The van der Waals surface area contributed by atoms with Crippen molar-refractivity contribution >= 4 is 28.4 Å². The smallest absolute Gasteiger partial charge is 0.136 e. The van der Waals surface area contributed by atoms with Crippen LogP contribution in [0.1, 0.15) is 25.5 Å². The van der Waals surface area contributed by atoms with Crippen molar-refractivity contribution in [2.45, 2.75) is 19.9 Å². The number of halogens is 1. The van der Waals surface area contributed by atoms with E-state index in [0.29, 0.717) is 11.7 Å². The molecule has 4 heteroatoms. The third-order valence-electron chi connectivity index (χ3n) is 1.99. The van der Waals surface area contributed by atoms with E-state index >= 15 is 0 Å². The molecule has 0 aromatic carbocycles. The van der Waals surface area contributed by atoms with Gasteiger partial charge in [0, 0.05) is 12.2 Å². The first kappa shape index (κ1) is 10.7. The molecule has 1 heterocycles. The Kier molecular flexibility index (Phi) is 3.49. The van der Waals surface area contributed by atoms with Gasteiger partial charge in [0.1, 0.15) is 5.82 Å². The van der Waals surface area contributed by atoms with Crippen LogP contribution < -0.4 is 11.5 Å². The van der Waals surface area contributed by atoms with E-state index in [0.717, 1.165) is 9.13 Å². The number of hydrogen-bond donors (Lipinski definition) is 2. The molecule has 72 valence electrons. The van der Waals surface area contributed by atoms with Crippen molar-refractivity contribution in [2.24, 2.45) is 11.7 Å². The average molecular weight is 291 g/mol. The lowest BCUT2D eigenvalue weighted by Gasteiger charge is -2.15. The Morgan fingerprint density at radius 3 is 2.54 bits per heavy atom. The molecule has 0 bridgehead atoms. The molecule has 0 amide bonds. The summed E-state index contributed by atoms with van der Waals surface area (Å²) < 4.78 is 0.964. The molecule has 1 aromatic heterocycles. The summed E-state index contributed by atoms with van der Waals surface area (Å²) >= 11 is 2.16. The topological polar surface area (TPSA) is 64.9 Å². The summed E-state index contributed by atoms with van der Waals surface area (Å²) in [5, 5.41) is 0. The van der Waals surface area contributed by atoms with Crippen LogP contribution in [0.5, 0.6) is 0 Å². The van der Waals surface area contributed by atoms with Gasteiger partial charge in [-0.05, 0) is 40.1 Å². The van der Waals surface area contributed by atoms with Gasteiger partial charge in [-0.3, -0.25) is 0 Å². The van der Waals surface area contributed by atoms with Gasteiger partial charge in [0.2, 0.25) is 0 Å². The monoisotopic (exact) mass is 291 g/mol. The average Bonchev–Trinajstić information content (AvgIpc) is 2.08. The lowest BCUT2D eigenvalue weighted by atomic mass is 9.99.